The van der Waals surface area contributed by atoms with Crippen LogP contribution in [0.4, 0.5) is 53.0 Å². The highest BCUT2D eigenvalue weighted by molar-refractivity contribution is 6.31. The van der Waals surface area contributed by atoms with E-state index < -0.39 is 0 Å². The predicted octanol–water partition coefficient (Wildman–Crippen LogP) is 13.4. The number of nitrogen functional groups attached to an aromatic ring is 5. The minimum Gasteiger partial charge on any atom is -0.497 e. The van der Waals surface area contributed by atoms with Crippen molar-refractivity contribution in [1.29, 1.82) is 5.26 Å². The van der Waals surface area contributed by atoms with Crippen molar-refractivity contribution in [3.05, 3.63) is 211 Å². The summed E-state index contributed by atoms with van der Waals surface area (Å²) in [6.45, 7) is 8.53. The molecule has 14 N–H and O–H groups in total. The average molecular weight is 1280 g/mol. The van der Waals surface area contributed by atoms with Gasteiger partial charge in [-0.1, -0.05) is 116 Å². The lowest BCUT2D eigenvalue weighted by molar-refractivity contribution is 0.415. The molecule has 0 aliphatic heterocycles. The Morgan fingerprint density at radius 2 is 0.935 bits per heavy atom. The molecule has 0 spiro atoms. The van der Waals surface area contributed by atoms with Gasteiger partial charge in [0, 0.05) is 107 Å². The van der Waals surface area contributed by atoms with Crippen LogP contribution in [0, 0.1) is 17.2 Å². The standard InChI is InChI=1S/C16H18ClN3.C14H13N5.C14H16N4O.C13H13ClN4.C12H11N5/c17-13-7-5-12(6-8-13)15-10-14(19-16(18)20-15)9-11-3-1-2-4-11;1-16-13-8-12(18-14(15)19-13)10-4-2-6-11-9(10)5-3-7-17-11;1-3-8-16-13-9-12(17-14(15)18-13)10-4-6-11(19-2)7-5-10;1-2-7-16-12-8-11(17-13(15)18-12)9-3-5-10(14)6-4-9;1-15-11-6-10(16-12(14)17-11)9-4-2-8(7-13)3-5-9/h5-8,10-11H,1-4,9H2,(H2,18,19,20);2-8H,1H3,(H3,15,16,18,19);3-7,9H,1,8H2,2H3,(H3,15,16,17,18);2-6,8H,1,7H2,(H3,15,16,17,18);2-6H,1H3,(H3,14,15,16,17). The normalized spacial score (nSPS) is 11.3. The van der Waals surface area contributed by atoms with Crippen LogP contribution in [-0.2, 0) is 6.42 Å². The molecular formula is C69H71Cl2N21O. The number of benzene rings is 5. The van der Waals surface area contributed by atoms with E-state index in [1.807, 2.05) is 133 Å². The van der Waals surface area contributed by atoms with Crippen molar-refractivity contribution in [1.82, 2.24) is 54.8 Å². The third-order valence-corrected chi connectivity index (χ3v) is 14.5. The minimum absolute atomic E-state index is 0.219. The lowest BCUT2D eigenvalue weighted by atomic mass is 10.0. The summed E-state index contributed by atoms with van der Waals surface area (Å²) < 4.78 is 5.12. The van der Waals surface area contributed by atoms with Crippen molar-refractivity contribution in [2.24, 2.45) is 5.92 Å². The number of halogens is 2. The van der Waals surface area contributed by atoms with Crippen LogP contribution < -0.4 is 54.7 Å². The Kier molecular flexibility index (Phi) is 24.5. The Morgan fingerprint density at radius 1 is 0.516 bits per heavy atom. The third kappa shape index (κ3) is 20.2. The van der Waals surface area contributed by atoms with Crippen LogP contribution >= 0.6 is 23.2 Å². The molecule has 0 radical (unpaired) electrons. The molecule has 0 bridgehead atoms. The van der Waals surface area contributed by atoms with Crippen molar-refractivity contribution in [2.45, 2.75) is 32.1 Å². The molecule has 22 nitrogen and oxygen atoms in total. The van der Waals surface area contributed by atoms with Gasteiger partial charge in [-0.15, -0.1) is 13.2 Å². The molecule has 24 heteroatoms. The van der Waals surface area contributed by atoms with Crippen LogP contribution in [0.2, 0.25) is 10.0 Å². The maximum absolute atomic E-state index is 8.72. The number of hydrogen-bond acceptors (Lipinski definition) is 22. The minimum atomic E-state index is 0.219. The zero-order valence-electron chi connectivity index (χ0n) is 51.6. The first kappa shape index (κ1) is 67.4. The second-order valence-electron chi connectivity index (χ2n) is 20.6. The highest BCUT2D eigenvalue weighted by Crippen LogP contribution is 2.31. The van der Waals surface area contributed by atoms with E-state index in [9.17, 15) is 0 Å². The number of nitriles is 1. The van der Waals surface area contributed by atoms with Crippen molar-refractivity contribution in [2.75, 3.05) is 84.2 Å². The molecule has 12 rings (SSSR count). The third-order valence-electron chi connectivity index (χ3n) is 14.0. The predicted molar refractivity (Wildman–Crippen MR) is 378 cm³/mol. The Hall–Kier alpha value is -11.5. The van der Waals surface area contributed by atoms with E-state index in [-0.39, 0.29) is 23.8 Å². The summed E-state index contributed by atoms with van der Waals surface area (Å²) >= 11 is 11.8. The molecule has 1 fully saturated rings. The van der Waals surface area contributed by atoms with Gasteiger partial charge in [0.1, 0.15) is 29.0 Å². The highest BCUT2D eigenvalue weighted by Gasteiger charge is 2.18. The number of anilines is 9. The first-order valence-corrected chi connectivity index (χ1v) is 30.2. The summed E-state index contributed by atoms with van der Waals surface area (Å²) in [6.07, 6.45) is 11.6. The van der Waals surface area contributed by atoms with Crippen LogP contribution in [0.25, 0.3) is 67.2 Å². The highest BCUT2D eigenvalue weighted by atomic mass is 35.5. The molecule has 5 aromatic carbocycles. The molecule has 0 atom stereocenters. The molecular weight excluding hydrogens is 1210 g/mol. The molecule has 1 saturated carbocycles. The van der Waals surface area contributed by atoms with E-state index in [2.05, 4.69) is 101 Å². The molecule has 1 aliphatic rings. The van der Waals surface area contributed by atoms with Gasteiger partial charge in [0.25, 0.3) is 0 Å². The van der Waals surface area contributed by atoms with Crippen LogP contribution in [0.3, 0.4) is 0 Å². The molecule has 1 aliphatic carbocycles. The lowest BCUT2D eigenvalue weighted by Gasteiger charge is -2.10. The molecule has 6 aromatic heterocycles. The quantitative estimate of drug-likeness (QED) is 0.0406. The van der Waals surface area contributed by atoms with Crippen molar-refractivity contribution >= 4 is 87.1 Å². The van der Waals surface area contributed by atoms with Crippen LogP contribution in [0.5, 0.6) is 5.75 Å². The van der Waals surface area contributed by atoms with E-state index in [1.54, 1.807) is 57.8 Å². The van der Waals surface area contributed by atoms with Gasteiger partial charge in [-0.05, 0) is 91.2 Å². The van der Waals surface area contributed by atoms with Crippen LogP contribution in [0.15, 0.2) is 189 Å². The van der Waals surface area contributed by atoms with Crippen molar-refractivity contribution < 1.29 is 4.74 Å². The van der Waals surface area contributed by atoms with E-state index in [4.69, 9.17) is 61.9 Å². The fourth-order valence-electron chi connectivity index (χ4n) is 9.56. The summed E-state index contributed by atoms with van der Waals surface area (Å²) in [5, 5.41) is 23.2. The largest absolute Gasteiger partial charge is 0.497 e. The van der Waals surface area contributed by atoms with Crippen molar-refractivity contribution in [3.63, 3.8) is 0 Å². The second kappa shape index (κ2) is 33.9. The van der Waals surface area contributed by atoms with E-state index in [0.717, 1.165) is 96.0 Å². The van der Waals surface area contributed by atoms with Gasteiger partial charge >= 0.3 is 0 Å². The maximum Gasteiger partial charge on any atom is 0.222 e. The summed E-state index contributed by atoms with van der Waals surface area (Å²) in [6, 6.07) is 51.2. The second-order valence-corrected chi connectivity index (χ2v) is 21.5. The Morgan fingerprint density at radius 3 is 1.40 bits per heavy atom. The monoisotopic (exact) mass is 1280 g/mol. The van der Waals surface area contributed by atoms with Gasteiger partial charge in [-0.2, -0.15) is 25.2 Å². The van der Waals surface area contributed by atoms with Gasteiger partial charge in [0.2, 0.25) is 29.7 Å². The number of fused-ring (bicyclic) bond motifs is 1. The number of nitrogens with two attached hydrogens (primary N) is 5. The number of methoxy groups -OCH3 is 1. The molecule has 0 saturated heterocycles. The van der Waals surface area contributed by atoms with E-state index in [0.29, 0.717) is 52.9 Å². The fraction of sp³-hybridized carbons (Fsp3) is 0.159. The van der Waals surface area contributed by atoms with E-state index in [1.165, 1.54) is 25.7 Å². The molecule has 6 heterocycles. The van der Waals surface area contributed by atoms with Crippen molar-refractivity contribution in [3.8, 4) is 68.1 Å². The number of rotatable bonds is 16. The summed E-state index contributed by atoms with van der Waals surface area (Å²) in [4.78, 5) is 46.3. The van der Waals surface area contributed by atoms with Crippen LogP contribution in [0.1, 0.15) is 36.9 Å². The Bertz CT molecular complexity index is 4300. The Labute approximate surface area is 550 Å². The zero-order chi connectivity index (χ0) is 66.1. The Balaban J connectivity index is 0.000000150. The number of ether oxygens (including phenoxy) is 1. The summed E-state index contributed by atoms with van der Waals surface area (Å²) in [5.74, 6) is 5.56. The SMILES string of the molecule is C=CCNc1cc(-c2ccc(Cl)cc2)nc(N)n1.C=CCNc1cc(-c2ccc(OC)cc2)nc(N)n1.CNc1cc(-c2ccc(C#N)cc2)nc(N)n1.CNc1cc(-c2cccc3ncccc23)nc(N)n1.Nc1nc(CC2CCCC2)cc(-c2ccc(Cl)cc2)n1. The number of nitrogens with zero attached hydrogens (tertiary/aromatic N) is 12. The average Bonchev–Trinajstić information content (AvgIpc) is 1.07. The van der Waals surface area contributed by atoms with E-state index >= 15 is 0 Å². The summed E-state index contributed by atoms with van der Waals surface area (Å²) in [7, 11) is 5.20. The molecule has 11 aromatic rings. The van der Waals surface area contributed by atoms with Crippen LogP contribution in [-0.4, -0.2) is 89.1 Å². The molecule has 472 valence electrons. The lowest BCUT2D eigenvalue weighted by Crippen LogP contribution is -2.05. The number of nitrogens with one attached hydrogen (secondary N) is 4. The first-order valence-electron chi connectivity index (χ1n) is 29.4. The molecule has 93 heavy (non-hydrogen) atoms. The topological polar surface area (TPSA) is 353 Å². The number of aromatic nitrogens is 11. The summed E-state index contributed by atoms with van der Waals surface area (Å²) in [5.41, 5.74) is 39.9. The number of pyridine rings is 1. The molecule has 0 unspecified atom stereocenters. The smallest absolute Gasteiger partial charge is 0.222 e. The van der Waals surface area contributed by atoms with Gasteiger partial charge in [-0.25, -0.2) is 29.9 Å². The fourth-order valence-corrected chi connectivity index (χ4v) is 9.81. The van der Waals surface area contributed by atoms with Gasteiger partial charge in [0.15, 0.2) is 0 Å². The molecule has 0 amide bonds. The first-order chi connectivity index (χ1) is 45.1. The number of hydrogen-bond donors (Lipinski definition) is 9. The maximum atomic E-state index is 8.72. The van der Waals surface area contributed by atoms with Gasteiger partial charge < -0.3 is 54.7 Å². The zero-order valence-corrected chi connectivity index (χ0v) is 53.1. The van der Waals surface area contributed by atoms with Gasteiger partial charge in [-0.3, -0.25) is 4.98 Å². The van der Waals surface area contributed by atoms with Gasteiger partial charge in [0.05, 0.1) is 52.7 Å².